The molecule has 2 aromatic rings. The van der Waals surface area contributed by atoms with Crippen LogP contribution in [0.5, 0.6) is 0 Å². The van der Waals surface area contributed by atoms with Crippen molar-refractivity contribution in [3.8, 4) is 6.07 Å². The second-order valence-corrected chi connectivity index (χ2v) is 9.22. The summed E-state index contributed by atoms with van der Waals surface area (Å²) in [6.07, 6.45) is 8.26. The van der Waals surface area contributed by atoms with E-state index in [9.17, 15) is 14.4 Å². The lowest BCUT2D eigenvalue weighted by Crippen LogP contribution is -2.40. The first kappa shape index (κ1) is 23.9. The fourth-order valence-electron chi connectivity index (χ4n) is 4.46. The number of nitrogens with one attached hydrogen (secondary N) is 2. The van der Waals surface area contributed by atoms with Gasteiger partial charge in [0.05, 0.1) is 31.3 Å². The summed E-state index contributed by atoms with van der Waals surface area (Å²) in [5.74, 6) is 0.677. The van der Waals surface area contributed by atoms with Gasteiger partial charge in [-0.3, -0.25) is 4.79 Å². The smallest absolute Gasteiger partial charge is 0.264 e. The van der Waals surface area contributed by atoms with Gasteiger partial charge in [0.2, 0.25) is 5.95 Å². The minimum absolute atomic E-state index is 0.0544. The standard InChI is InChI=1S/C25H29FN8O2/c26-21-16-30-25(31-19-5-6-22(28-14-19)33-8-10-36-11-9-33)32-23(21)29-15-20-2-1-7-34(20)24(35)18(13-27)12-17-3-4-17/h5-6,12,14,16-17,20H,1-4,7-11,15H2,(H2,29,30,31,32). The number of morpholine rings is 1. The fraction of sp³-hybridized carbons (Fsp3) is 0.480. The van der Waals surface area contributed by atoms with Gasteiger partial charge < -0.3 is 25.2 Å². The molecular weight excluding hydrogens is 463 g/mol. The second-order valence-electron chi connectivity index (χ2n) is 9.22. The molecule has 0 bridgehead atoms. The van der Waals surface area contributed by atoms with E-state index in [4.69, 9.17) is 4.74 Å². The molecule has 188 valence electrons. The van der Waals surface area contributed by atoms with Gasteiger partial charge in [0.15, 0.2) is 11.6 Å². The normalized spacial score (nSPS) is 20.2. The Balaban J connectivity index is 1.20. The number of aromatic nitrogens is 3. The molecule has 0 spiro atoms. The van der Waals surface area contributed by atoms with Crippen LogP contribution in [0, 0.1) is 23.1 Å². The van der Waals surface area contributed by atoms with Crippen LogP contribution in [0.4, 0.5) is 27.7 Å². The van der Waals surface area contributed by atoms with Crippen LogP contribution in [-0.2, 0) is 9.53 Å². The highest BCUT2D eigenvalue weighted by Crippen LogP contribution is 2.32. The lowest BCUT2D eigenvalue weighted by molar-refractivity contribution is -0.127. The van der Waals surface area contributed by atoms with Crippen molar-refractivity contribution < 1.29 is 13.9 Å². The van der Waals surface area contributed by atoms with Gasteiger partial charge in [-0.1, -0.05) is 6.08 Å². The Hall–Kier alpha value is -3.78. The van der Waals surface area contributed by atoms with Gasteiger partial charge in [-0.2, -0.15) is 10.2 Å². The van der Waals surface area contributed by atoms with Gasteiger partial charge in [0.1, 0.15) is 17.5 Å². The number of likely N-dealkylation sites (tertiary alicyclic amines) is 1. The van der Waals surface area contributed by atoms with Crippen molar-refractivity contribution in [2.45, 2.75) is 31.7 Å². The number of ether oxygens (including phenoxy) is 1. The van der Waals surface area contributed by atoms with Crippen molar-refractivity contribution in [3.63, 3.8) is 0 Å². The van der Waals surface area contributed by atoms with Crippen LogP contribution in [0.15, 0.2) is 36.2 Å². The molecule has 4 heterocycles. The number of halogens is 1. The minimum Gasteiger partial charge on any atom is -0.378 e. The van der Waals surface area contributed by atoms with E-state index < -0.39 is 5.82 Å². The predicted octanol–water partition coefficient (Wildman–Crippen LogP) is 2.85. The summed E-state index contributed by atoms with van der Waals surface area (Å²) in [4.78, 5) is 29.6. The Morgan fingerprint density at radius 1 is 1.19 bits per heavy atom. The number of pyridine rings is 1. The molecule has 5 rings (SSSR count). The maximum Gasteiger partial charge on any atom is 0.264 e. The van der Waals surface area contributed by atoms with Crippen molar-refractivity contribution >= 4 is 29.2 Å². The summed E-state index contributed by atoms with van der Waals surface area (Å²) >= 11 is 0. The summed E-state index contributed by atoms with van der Waals surface area (Å²) in [5, 5.41) is 15.5. The van der Waals surface area contributed by atoms with Crippen LogP contribution in [0.25, 0.3) is 0 Å². The van der Waals surface area contributed by atoms with E-state index in [0.29, 0.717) is 37.9 Å². The van der Waals surface area contributed by atoms with Gasteiger partial charge in [-0.25, -0.2) is 14.4 Å². The van der Waals surface area contributed by atoms with Gasteiger partial charge >= 0.3 is 0 Å². The molecule has 36 heavy (non-hydrogen) atoms. The third-order valence-electron chi connectivity index (χ3n) is 6.60. The highest BCUT2D eigenvalue weighted by atomic mass is 19.1. The number of nitrogens with zero attached hydrogens (tertiary/aromatic N) is 6. The molecule has 2 aliphatic heterocycles. The van der Waals surface area contributed by atoms with Crippen LogP contribution in [0.2, 0.25) is 0 Å². The topological polar surface area (TPSA) is 119 Å². The Morgan fingerprint density at radius 2 is 2.03 bits per heavy atom. The first-order valence-electron chi connectivity index (χ1n) is 12.4. The minimum atomic E-state index is -0.580. The Kier molecular flexibility index (Phi) is 7.23. The van der Waals surface area contributed by atoms with Crippen LogP contribution >= 0.6 is 0 Å². The molecule has 2 saturated heterocycles. The van der Waals surface area contributed by atoms with Gasteiger partial charge in [-0.15, -0.1) is 0 Å². The van der Waals surface area contributed by atoms with Gasteiger partial charge in [-0.05, 0) is 43.7 Å². The zero-order chi connectivity index (χ0) is 24.9. The molecule has 1 atom stereocenters. The zero-order valence-corrected chi connectivity index (χ0v) is 20.0. The van der Waals surface area contributed by atoms with E-state index in [1.165, 1.54) is 0 Å². The number of hydrogen-bond donors (Lipinski definition) is 2. The van der Waals surface area contributed by atoms with E-state index in [2.05, 4.69) is 36.6 Å². The van der Waals surface area contributed by atoms with Crippen molar-refractivity contribution in [2.75, 3.05) is 54.9 Å². The monoisotopic (exact) mass is 492 g/mol. The first-order valence-corrected chi connectivity index (χ1v) is 12.4. The molecular formula is C25H29FN8O2. The Bertz CT molecular complexity index is 1160. The first-order chi connectivity index (χ1) is 17.6. The number of rotatable bonds is 8. The number of anilines is 4. The predicted molar refractivity (Wildman–Crippen MR) is 132 cm³/mol. The number of hydrogen-bond acceptors (Lipinski definition) is 9. The van der Waals surface area contributed by atoms with Crippen LogP contribution in [-0.4, -0.2) is 71.2 Å². The molecule has 1 unspecified atom stereocenters. The maximum atomic E-state index is 14.5. The fourth-order valence-corrected chi connectivity index (χ4v) is 4.46. The third kappa shape index (κ3) is 5.71. The summed E-state index contributed by atoms with van der Waals surface area (Å²) in [6, 6.07) is 5.70. The Labute approximate surface area is 209 Å². The molecule has 3 fully saturated rings. The van der Waals surface area contributed by atoms with Crippen LogP contribution < -0.4 is 15.5 Å². The average Bonchev–Trinajstić information content (AvgIpc) is 3.62. The average molecular weight is 493 g/mol. The number of amides is 1. The molecule has 10 nitrogen and oxygen atoms in total. The largest absolute Gasteiger partial charge is 0.378 e. The SMILES string of the molecule is N#CC(=CC1CC1)C(=O)N1CCCC1CNc1nc(Nc2ccc(N3CCOCC3)nc2)ncc1F. The van der Waals surface area contributed by atoms with E-state index >= 15 is 0 Å². The molecule has 1 amide bonds. The molecule has 2 N–H and O–H groups in total. The van der Waals surface area contributed by atoms with Crippen molar-refractivity contribution in [1.29, 1.82) is 5.26 Å². The molecule has 2 aromatic heterocycles. The van der Waals surface area contributed by atoms with E-state index in [1.807, 2.05) is 12.1 Å². The summed E-state index contributed by atoms with van der Waals surface area (Å²) in [7, 11) is 0. The van der Waals surface area contributed by atoms with Crippen molar-refractivity contribution in [2.24, 2.45) is 5.92 Å². The molecule has 1 saturated carbocycles. The molecule has 3 aliphatic rings. The molecule has 0 radical (unpaired) electrons. The van der Waals surface area contributed by atoms with Crippen molar-refractivity contribution in [3.05, 3.63) is 42.0 Å². The van der Waals surface area contributed by atoms with Crippen LogP contribution in [0.1, 0.15) is 25.7 Å². The highest BCUT2D eigenvalue weighted by molar-refractivity contribution is 5.97. The number of allylic oxidation sites excluding steroid dienone is 1. The Morgan fingerprint density at radius 3 is 2.75 bits per heavy atom. The summed E-state index contributed by atoms with van der Waals surface area (Å²) < 4.78 is 19.8. The molecule has 1 aliphatic carbocycles. The molecule has 11 heteroatoms. The quantitative estimate of drug-likeness (QED) is 0.423. The third-order valence-corrected chi connectivity index (χ3v) is 6.60. The summed E-state index contributed by atoms with van der Waals surface area (Å²) in [5.41, 5.74) is 0.890. The molecule has 0 aromatic carbocycles. The maximum absolute atomic E-state index is 14.5. The van der Waals surface area contributed by atoms with Gasteiger partial charge in [0.25, 0.3) is 5.91 Å². The van der Waals surface area contributed by atoms with E-state index in [-0.39, 0.29) is 29.3 Å². The number of nitriles is 1. The summed E-state index contributed by atoms with van der Waals surface area (Å²) in [6.45, 7) is 3.89. The second kappa shape index (κ2) is 10.9. The number of carbonyl (C=O) groups is 1. The van der Waals surface area contributed by atoms with Gasteiger partial charge in [0, 0.05) is 32.2 Å². The number of carbonyl (C=O) groups excluding carboxylic acids is 1. The van der Waals surface area contributed by atoms with Crippen LogP contribution in [0.3, 0.4) is 0 Å². The zero-order valence-electron chi connectivity index (χ0n) is 20.0. The van der Waals surface area contributed by atoms with Crippen molar-refractivity contribution in [1.82, 2.24) is 19.9 Å². The highest BCUT2D eigenvalue weighted by Gasteiger charge is 2.32. The van der Waals surface area contributed by atoms with E-state index in [0.717, 1.165) is 50.8 Å². The lowest BCUT2D eigenvalue weighted by Gasteiger charge is -2.27. The lowest BCUT2D eigenvalue weighted by atomic mass is 10.1. The van der Waals surface area contributed by atoms with E-state index in [1.54, 1.807) is 17.2 Å².